The molecule has 0 radical (unpaired) electrons. The minimum absolute atomic E-state index is 0.0651. The van der Waals surface area contributed by atoms with Crippen molar-refractivity contribution in [2.24, 2.45) is 0 Å². The second-order valence-corrected chi connectivity index (χ2v) is 9.44. The minimum atomic E-state index is -3.60. The van der Waals surface area contributed by atoms with Gasteiger partial charge < -0.3 is 10.4 Å². The van der Waals surface area contributed by atoms with Crippen LogP contribution in [0.5, 0.6) is 5.75 Å². The molecule has 1 amide bonds. The normalized spacial score (nSPS) is 11.5. The van der Waals surface area contributed by atoms with Crippen LogP contribution in [0.3, 0.4) is 0 Å². The molecular weight excluding hydrogens is 476 g/mol. The third-order valence-electron chi connectivity index (χ3n) is 4.09. The van der Waals surface area contributed by atoms with E-state index in [1.165, 1.54) is 38.4 Å². The van der Waals surface area contributed by atoms with Gasteiger partial charge in [0.25, 0.3) is 11.5 Å². The number of anilines is 1. The van der Waals surface area contributed by atoms with Crippen LogP contribution in [0, 0.1) is 0 Å². The number of nitrogens with one attached hydrogen (secondary N) is 1. The Kier molecular flexibility index (Phi) is 6.06. The Hall–Kier alpha value is -3.02. The van der Waals surface area contributed by atoms with Crippen molar-refractivity contribution in [1.29, 1.82) is 0 Å². The summed E-state index contributed by atoms with van der Waals surface area (Å²) in [6.45, 7) is 0. The summed E-state index contributed by atoms with van der Waals surface area (Å²) in [5.41, 5.74) is -0.261. The van der Waals surface area contributed by atoms with Crippen LogP contribution >= 0.6 is 15.9 Å². The van der Waals surface area contributed by atoms with Crippen molar-refractivity contribution in [3.63, 3.8) is 0 Å². The van der Waals surface area contributed by atoms with Gasteiger partial charge >= 0.3 is 0 Å². The number of sulfonamides is 1. The zero-order valence-corrected chi connectivity index (χ0v) is 18.3. The second kappa shape index (κ2) is 8.38. The van der Waals surface area contributed by atoms with Crippen LogP contribution in [0.4, 0.5) is 5.69 Å². The first kappa shape index (κ1) is 21.7. The topological polar surface area (TPSA) is 122 Å². The van der Waals surface area contributed by atoms with Gasteiger partial charge in [0.2, 0.25) is 10.0 Å². The fourth-order valence-corrected chi connectivity index (χ4v) is 3.65. The first-order chi connectivity index (χ1) is 14.1. The molecule has 0 aliphatic heterocycles. The third kappa shape index (κ3) is 4.42. The van der Waals surface area contributed by atoms with Crippen molar-refractivity contribution < 1.29 is 18.3 Å². The minimum Gasteiger partial charge on any atom is -0.505 e. The highest BCUT2D eigenvalue weighted by Crippen LogP contribution is 2.19. The smallest absolute Gasteiger partial charge is 0.279 e. The molecule has 3 aromatic rings. The van der Waals surface area contributed by atoms with Crippen LogP contribution in [0.2, 0.25) is 0 Å². The van der Waals surface area contributed by atoms with Crippen molar-refractivity contribution in [2.75, 3.05) is 19.4 Å². The zero-order valence-electron chi connectivity index (χ0n) is 15.9. The van der Waals surface area contributed by atoms with Crippen LogP contribution in [0.1, 0.15) is 10.5 Å². The number of halogens is 1. The lowest BCUT2D eigenvalue weighted by molar-refractivity contribution is 0.101. The molecule has 0 bridgehead atoms. The number of carbonyl (C=O) groups excluding carboxylic acids is 1. The molecule has 0 saturated heterocycles. The molecule has 0 aliphatic carbocycles. The van der Waals surface area contributed by atoms with E-state index in [-0.39, 0.29) is 10.6 Å². The van der Waals surface area contributed by atoms with Crippen molar-refractivity contribution in [2.45, 2.75) is 4.90 Å². The monoisotopic (exact) mass is 492 g/mol. The van der Waals surface area contributed by atoms with E-state index in [0.717, 1.165) is 19.5 Å². The van der Waals surface area contributed by atoms with Crippen LogP contribution < -0.4 is 10.9 Å². The molecule has 0 spiro atoms. The standard InChI is InChI=1S/C19H17BrN4O5S/c1-23(2)30(28,29)15-9-5-13(6-10-15)21-19(27)18-16(25)11-17(26)24(22-18)14-7-3-12(20)4-8-14/h3-11,25H,1-2H3,(H,21,27). The van der Waals surface area contributed by atoms with E-state index in [2.05, 4.69) is 26.3 Å². The summed E-state index contributed by atoms with van der Waals surface area (Å²) in [6, 6.07) is 13.1. The average molecular weight is 493 g/mol. The third-order valence-corrected chi connectivity index (χ3v) is 6.45. The quantitative estimate of drug-likeness (QED) is 0.562. The molecule has 0 atom stereocenters. The molecular formula is C19H17BrN4O5S. The Morgan fingerprint density at radius 2 is 1.70 bits per heavy atom. The van der Waals surface area contributed by atoms with E-state index < -0.39 is 27.2 Å². The van der Waals surface area contributed by atoms with Gasteiger partial charge in [-0.25, -0.2) is 12.7 Å². The number of rotatable bonds is 5. The maximum Gasteiger partial charge on any atom is 0.279 e. The SMILES string of the molecule is CN(C)S(=O)(=O)c1ccc(NC(=O)c2nn(-c3ccc(Br)cc3)c(=O)cc2O)cc1. The first-order valence-electron chi connectivity index (χ1n) is 8.53. The molecule has 3 rings (SSSR count). The van der Waals surface area contributed by atoms with Crippen molar-refractivity contribution >= 4 is 37.5 Å². The highest BCUT2D eigenvalue weighted by atomic mass is 79.9. The summed E-state index contributed by atoms with van der Waals surface area (Å²) in [7, 11) is -0.765. The number of hydrogen-bond acceptors (Lipinski definition) is 6. The molecule has 156 valence electrons. The summed E-state index contributed by atoms with van der Waals surface area (Å²) in [6.07, 6.45) is 0. The van der Waals surface area contributed by atoms with E-state index in [9.17, 15) is 23.1 Å². The largest absolute Gasteiger partial charge is 0.505 e. The first-order valence-corrected chi connectivity index (χ1v) is 10.8. The molecule has 0 saturated carbocycles. The number of carbonyl (C=O) groups is 1. The highest BCUT2D eigenvalue weighted by Gasteiger charge is 2.19. The zero-order chi connectivity index (χ0) is 22.1. The predicted octanol–water partition coefficient (Wildman–Crippen LogP) is 2.20. The van der Waals surface area contributed by atoms with Gasteiger partial charge in [-0.15, -0.1) is 0 Å². The van der Waals surface area contributed by atoms with Crippen molar-refractivity contribution in [1.82, 2.24) is 14.1 Å². The molecule has 0 fully saturated rings. The van der Waals surface area contributed by atoms with Gasteiger partial charge in [0, 0.05) is 30.3 Å². The van der Waals surface area contributed by atoms with Crippen molar-refractivity contribution in [3.8, 4) is 11.4 Å². The molecule has 2 N–H and O–H groups in total. The van der Waals surface area contributed by atoms with Gasteiger partial charge in [-0.05, 0) is 48.5 Å². The highest BCUT2D eigenvalue weighted by molar-refractivity contribution is 9.10. The molecule has 1 aromatic heterocycles. The maximum atomic E-state index is 12.6. The van der Waals surface area contributed by atoms with Crippen LogP contribution in [-0.2, 0) is 10.0 Å². The Balaban J connectivity index is 1.89. The van der Waals surface area contributed by atoms with Crippen LogP contribution in [0.25, 0.3) is 5.69 Å². The summed E-state index contributed by atoms with van der Waals surface area (Å²) in [5.74, 6) is -1.33. The molecule has 0 unspecified atom stereocenters. The number of aromatic hydroxyl groups is 1. The Morgan fingerprint density at radius 1 is 1.10 bits per heavy atom. The number of aromatic nitrogens is 2. The van der Waals surface area contributed by atoms with Crippen molar-refractivity contribution in [3.05, 3.63) is 75.1 Å². The molecule has 2 aromatic carbocycles. The van der Waals surface area contributed by atoms with E-state index in [1.54, 1.807) is 24.3 Å². The number of benzene rings is 2. The van der Waals surface area contributed by atoms with Gasteiger partial charge in [0.15, 0.2) is 11.4 Å². The number of amides is 1. The average Bonchev–Trinajstić information content (AvgIpc) is 2.69. The van der Waals surface area contributed by atoms with Gasteiger partial charge in [-0.1, -0.05) is 15.9 Å². The summed E-state index contributed by atoms with van der Waals surface area (Å²) < 4.78 is 27.1. The van der Waals surface area contributed by atoms with Gasteiger partial charge in [0.1, 0.15) is 0 Å². The maximum absolute atomic E-state index is 12.6. The molecule has 11 heteroatoms. The summed E-state index contributed by atoms with van der Waals surface area (Å²) in [4.78, 5) is 24.8. The summed E-state index contributed by atoms with van der Waals surface area (Å²) >= 11 is 3.30. The fraction of sp³-hybridized carbons (Fsp3) is 0.105. The predicted molar refractivity (Wildman–Crippen MR) is 114 cm³/mol. The molecule has 30 heavy (non-hydrogen) atoms. The van der Waals surface area contributed by atoms with Gasteiger partial charge in [-0.2, -0.15) is 9.78 Å². The molecule has 0 aliphatic rings. The Labute approximate surface area is 180 Å². The lowest BCUT2D eigenvalue weighted by Crippen LogP contribution is -2.25. The second-order valence-electron chi connectivity index (χ2n) is 6.37. The van der Waals surface area contributed by atoms with Crippen LogP contribution in [-0.4, -0.2) is 47.6 Å². The van der Waals surface area contributed by atoms with E-state index >= 15 is 0 Å². The van der Waals surface area contributed by atoms with Gasteiger partial charge in [0.05, 0.1) is 10.6 Å². The lowest BCUT2D eigenvalue weighted by atomic mass is 10.2. The Bertz CT molecular complexity index is 1250. The van der Waals surface area contributed by atoms with Gasteiger partial charge in [-0.3, -0.25) is 9.59 Å². The fourth-order valence-electron chi connectivity index (χ4n) is 2.49. The number of nitrogens with zero attached hydrogens (tertiary/aromatic N) is 3. The van der Waals surface area contributed by atoms with E-state index in [0.29, 0.717) is 11.4 Å². The van der Waals surface area contributed by atoms with E-state index in [1.807, 2.05) is 0 Å². The van der Waals surface area contributed by atoms with Crippen LogP contribution in [0.15, 0.2) is 68.8 Å². The van der Waals surface area contributed by atoms with E-state index in [4.69, 9.17) is 0 Å². The molecule has 1 heterocycles. The molecule has 9 nitrogen and oxygen atoms in total. The lowest BCUT2D eigenvalue weighted by Gasteiger charge is -2.12. The number of hydrogen-bond donors (Lipinski definition) is 2. The Morgan fingerprint density at radius 3 is 2.27 bits per heavy atom. The summed E-state index contributed by atoms with van der Waals surface area (Å²) in [5, 5.41) is 16.5.